The maximum atomic E-state index is 12.6. The van der Waals surface area contributed by atoms with E-state index in [0.717, 1.165) is 6.26 Å². The van der Waals surface area contributed by atoms with Crippen molar-refractivity contribution in [2.24, 2.45) is 0 Å². The Morgan fingerprint density at radius 1 is 1.12 bits per heavy atom. The third kappa shape index (κ3) is 4.59. The van der Waals surface area contributed by atoms with Crippen LogP contribution in [0.4, 0.5) is 0 Å². The number of hydrogen-bond donors (Lipinski definition) is 2. The molecule has 1 aliphatic heterocycles. The molecule has 146 valence electrons. The highest BCUT2D eigenvalue weighted by atomic mass is 32.2. The van der Waals surface area contributed by atoms with E-state index in [1.54, 1.807) is 32.4 Å². The highest BCUT2D eigenvalue weighted by Gasteiger charge is 2.48. The first-order valence-corrected chi connectivity index (χ1v) is 10.3. The molecule has 0 aromatic heterocycles. The molecule has 0 radical (unpaired) electrons. The van der Waals surface area contributed by atoms with Crippen molar-refractivity contribution in [1.82, 2.24) is 10.6 Å². The fourth-order valence-electron chi connectivity index (χ4n) is 2.96. The van der Waals surface area contributed by atoms with E-state index in [4.69, 9.17) is 14.2 Å². The van der Waals surface area contributed by atoms with Gasteiger partial charge >= 0.3 is 0 Å². The molecule has 1 amide bonds. The van der Waals surface area contributed by atoms with Crippen LogP contribution in [-0.2, 0) is 14.6 Å². The van der Waals surface area contributed by atoms with Crippen LogP contribution in [0, 0.1) is 0 Å². The summed E-state index contributed by atoms with van der Waals surface area (Å²) in [4.78, 5) is 12.6. The van der Waals surface area contributed by atoms with Crippen LogP contribution >= 0.6 is 0 Å². The Hall–Kier alpha value is -2.00. The third-order valence-electron chi connectivity index (χ3n) is 4.52. The molecule has 1 aromatic carbocycles. The van der Waals surface area contributed by atoms with Gasteiger partial charge < -0.3 is 24.8 Å². The Kier molecular flexibility index (Phi) is 6.71. The van der Waals surface area contributed by atoms with Gasteiger partial charge in [-0.15, -0.1) is 0 Å². The number of nitrogens with one attached hydrogen (secondary N) is 2. The van der Waals surface area contributed by atoms with Crippen LogP contribution in [0.3, 0.4) is 0 Å². The maximum absolute atomic E-state index is 12.6. The van der Waals surface area contributed by atoms with Crippen molar-refractivity contribution < 1.29 is 27.4 Å². The van der Waals surface area contributed by atoms with Crippen LogP contribution in [0.25, 0.3) is 0 Å². The Morgan fingerprint density at radius 2 is 1.65 bits per heavy atom. The molecule has 0 aliphatic carbocycles. The summed E-state index contributed by atoms with van der Waals surface area (Å²) in [5.74, 6) is 1.26. The third-order valence-corrected chi connectivity index (χ3v) is 6.53. The van der Waals surface area contributed by atoms with Gasteiger partial charge in [0.2, 0.25) is 5.91 Å². The zero-order valence-corrected chi connectivity index (χ0v) is 16.1. The van der Waals surface area contributed by atoms with E-state index >= 15 is 0 Å². The van der Waals surface area contributed by atoms with E-state index in [2.05, 4.69) is 10.6 Å². The van der Waals surface area contributed by atoms with E-state index in [9.17, 15) is 13.2 Å². The van der Waals surface area contributed by atoms with Gasteiger partial charge in [0.05, 0.1) is 20.8 Å². The molecule has 1 aliphatic rings. The van der Waals surface area contributed by atoms with Crippen molar-refractivity contribution >= 4 is 15.7 Å². The van der Waals surface area contributed by atoms with E-state index in [1.165, 1.54) is 0 Å². The Balaban J connectivity index is 1.94. The lowest BCUT2D eigenvalue weighted by Gasteiger charge is -2.34. The molecule has 0 bridgehead atoms. The molecule has 0 unspecified atom stereocenters. The van der Waals surface area contributed by atoms with Crippen molar-refractivity contribution in [3.63, 3.8) is 0 Å². The van der Waals surface area contributed by atoms with Crippen LogP contribution in [0.15, 0.2) is 18.2 Å². The molecule has 0 atom stereocenters. The summed E-state index contributed by atoms with van der Waals surface area (Å²) in [7, 11) is -0.432. The van der Waals surface area contributed by atoms with Gasteiger partial charge in [0.1, 0.15) is 23.9 Å². The molecule has 0 saturated carbocycles. The highest BCUT2D eigenvalue weighted by Crippen LogP contribution is 2.28. The monoisotopic (exact) mass is 386 g/mol. The van der Waals surface area contributed by atoms with Crippen LogP contribution in [0.5, 0.6) is 17.2 Å². The minimum atomic E-state index is -3.52. The first-order chi connectivity index (χ1) is 12.3. The minimum Gasteiger partial charge on any atom is -0.496 e. The van der Waals surface area contributed by atoms with Crippen LogP contribution in [0.2, 0.25) is 0 Å². The molecule has 8 nitrogen and oxygen atoms in total. The zero-order valence-electron chi connectivity index (χ0n) is 15.3. The summed E-state index contributed by atoms with van der Waals surface area (Å²) in [5.41, 5.74) is 0. The van der Waals surface area contributed by atoms with Gasteiger partial charge in [-0.1, -0.05) is 0 Å². The number of hydrogen-bond acceptors (Lipinski definition) is 7. The van der Waals surface area contributed by atoms with Crippen LogP contribution < -0.4 is 24.8 Å². The van der Waals surface area contributed by atoms with Gasteiger partial charge in [-0.25, -0.2) is 8.42 Å². The second-order valence-corrected chi connectivity index (χ2v) is 8.49. The highest BCUT2D eigenvalue weighted by molar-refractivity contribution is 7.92. The lowest BCUT2D eigenvalue weighted by molar-refractivity contribution is -0.124. The number of ether oxygens (including phenoxy) is 3. The summed E-state index contributed by atoms with van der Waals surface area (Å²) in [6, 6.07) is 5.13. The predicted molar refractivity (Wildman–Crippen MR) is 97.7 cm³/mol. The summed E-state index contributed by atoms with van der Waals surface area (Å²) in [5, 5.41) is 5.78. The molecule has 2 N–H and O–H groups in total. The number of rotatable bonds is 8. The van der Waals surface area contributed by atoms with Gasteiger partial charge in [-0.2, -0.15) is 0 Å². The maximum Gasteiger partial charge on any atom is 0.241 e. The molecular weight excluding hydrogens is 360 g/mol. The first kappa shape index (κ1) is 20.3. The number of methoxy groups -OCH3 is 2. The lowest BCUT2D eigenvalue weighted by Crippen LogP contribution is -2.57. The SMILES string of the molecule is COc1cc(OC)cc(OCCNC(=O)C2(S(C)(=O)=O)CCNCC2)c1. The van der Waals surface area contributed by atoms with Gasteiger partial charge in [-0.05, 0) is 25.9 Å². The Morgan fingerprint density at radius 3 is 2.15 bits per heavy atom. The number of carbonyl (C=O) groups is 1. The average molecular weight is 386 g/mol. The number of piperidine rings is 1. The number of amides is 1. The standard InChI is InChI=1S/C17H26N2O6S/c1-23-13-10-14(24-2)12-15(11-13)25-9-8-19-16(20)17(26(3,21)22)4-6-18-7-5-17/h10-12,18H,4-9H2,1-3H3,(H,19,20). The van der Waals surface area contributed by atoms with E-state index in [0.29, 0.717) is 30.3 Å². The first-order valence-electron chi connectivity index (χ1n) is 8.37. The molecule has 9 heteroatoms. The number of sulfone groups is 1. The van der Waals surface area contributed by atoms with Crippen molar-refractivity contribution in [2.45, 2.75) is 17.6 Å². The Labute approximate surface area is 154 Å². The topological polar surface area (TPSA) is 103 Å². The molecular formula is C17H26N2O6S. The molecule has 1 heterocycles. The van der Waals surface area contributed by atoms with Crippen molar-refractivity contribution in [1.29, 1.82) is 0 Å². The van der Waals surface area contributed by atoms with E-state index in [-0.39, 0.29) is 26.0 Å². The molecule has 1 fully saturated rings. The van der Waals surface area contributed by atoms with Gasteiger partial charge in [0.15, 0.2) is 14.6 Å². The fourth-order valence-corrected chi connectivity index (χ4v) is 4.31. The van der Waals surface area contributed by atoms with Crippen molar-refractivity contribution in [2.75, 3.05) is 46.7 Å². The average Bonchev–Trinajstić information content (AvgIpc) is 2.64. The normalized spacial score (nSPS) is 16.6. The quantitative estimate of drug-likeness (QED) is 0.622. The zero-order chi connectivity index (χ0) is 19.2. The predicted octanol–water partition coefficient (Wildman–Crippen LogP) is 0.366. The molecule has 26 heavy (non-hydrogen) atoms. The second kappa shape index (κ2) is 8.59. The van der Waals surface area contributed by atoms with Crippen molar-refractivity contribution in [3.8, 4) is 17.2 Å². The largest absolute Gasteiger partial charge is 0.496 e. The summed E-state index contributed by atoms with van der Waals surface area (Å²) in [6.07, 6.45) is 1.66. The molecule has 2 rings (SSSR count). The molecule has 1 saturated heterocycles. The Bertz CT molecular complexity index is 707. The van der Waals surface area contributed by atoms with Gasteiger partial charge in [0.25, 0.3) is 0 Å². The van der Waals surface area contributed by atoms with Gasteiger partial charge in [0, 0.05) is 24.5 Å². The van der Waals surface area contributed by atoms with Crippen LogP contribution in [-0.4, -0.2) is 65.8 Å². The van der Waals surface area contributed by atoms with Crippen molar-refractivity contribution in [3.05, 3.63) is 18.2 Å². The summed E-state index contributed by atoms with van der Waals surface area (Å²) >= 11 is 0. The molecule has 1 aromatic rings. The van der Waals surface area contributed by atoms with Crippen LogP contribution in [0.1, 0.15) is 12.8 Å². The molecule has 0 spiro atoms. The smallest absolute Gasteiger partial charge is 0.241 e. The lowest BCUT2D eigenvalue weighted by atomic mass is 9.96. The summed E-state index contributed by atoms with van der Waals surface area (Å²) in [6.45, 7) is 1.39. The summed E-state index contributed by atoms with van der Waals surface area (Å²) < 4.78 is 39.0. The second-order valence-electron chi connectivity index (χ2n) is 6.17. The minimum absolute atomic E-state index is 0.195. The number of benzene rings is 1. The van der Waals surface area contributed by atoms with Gasteiger partial charge in [-0.3, -0.25) is 4.79 Å². The fraction of sp³-hybridized carbons (Fsp3) is 0.588. The number of carbonyl (C=O) groups excluding carboxylic acids is 1. The van der Waals surface area contributed by atoms with E-state index < -0.39 is 20.5 Å². The van der Waals surface area contributed by atoms with E-state index in [1.807, 2.05) is 0 Å².